The molecule has 10 heteroatoms. The summed E-state index contributed by atoms with van der Waals surface area (Å²) in [6.45, 7) is 1.64. The molecule has 1 aliphatic heterocycles. The second kappa shape index (κ2) is 6.95. The standard InChI is InChI=1S/C15H15ClN4O4S/c16-15-6-5-14(11-17-15)25(23,24)19-9-7-18(8-10-19)12-1-3-13(4-2-12)20(21)22/h1-6,11H,7-10H2. The van der Waals surface area contributed by atoms with Gasteiger partial charge in [0.25, 0.3) is 5.69 Å². The second-order valence-electron chi connectivity index (χ2n) is 5.48. The summed E-state index contributed by atoms with van der Waals surface area (Å²) in [5, 5.41) is 10.9. The van der Waals surface area contributed by atoms with Gasteiger partial charge in [0, 0.05) is 50.2 Å². The van der Waals surface area contributed by atoms with E-state index in [-0.39, 0.29) is 15.7 Å². The van der Waals surface area contributed by atoms with E-state index in [1.807, 2.05) is 4.90 Å². The van der Waals surface area contributed by atoms with Crippen molar-refractivity contribution in [3.05, 3.63) is 57.9 Å². The van der Waals surface area contributed by atoms with E-state index in [4.69, 9.17) is 11.6 Å². The molecule has 0 unspecified atom stereocenters. The van der Waals surface area contributed by atoms with E-state index in [2.05, 4.69) is 4.98 Å². The van der Waals surface area contributed by atoms with Crippen molar-refractivity contribution < 1.29 is 13.3 Å². The Labute approximate surface area is 149 Å². The molecule has 0 saturated carbocycles. The first kappa shape index (κ1) is 17.6. The van der Waals surface area contributed by atoms with Crippen LogP contribution in [0.15, 0.2) is 47.5 Å². The molecule has 1 aliphatic rings. The Balaban J connectivity index is 1.69. The van der Waals surface area contributed by atoms with Crippen molar-refractivity contribution in [2.24, 2.45) is 0 Å². The van der Waals surface area contributed by atoms with Gasteiger partial charge in [0.1, 0.15) is 10.0 Å². The molecule has 0 atom stereocenters. The van der Waals surface area contributed by atoms with Crippen molar-refractivity contribution >= 4 is 33.0 Å². The number of nitro groups is 1. The molecule has 1 fully saturated rings. The molecular formula is C15H15ClN4O4S. The van der Waals surface area contributed by atoms with Crippen molar-refractivity contribution in [1.29, 1.82) is 0 Å². The molecule has 0 spiro atoms. The van der Waals surface area contributed by atoms with Crippen molar-refractivity contribution in [2.45, 2.75) is 4.90 Å². The molecular weight excluding hydrogens is 368 g/mol. The number of nitrogens with zero attached hydrogens (tertiary/aromatic N) is 4. The SMILES string of the molecule is O=[N+]([O-])c1ccc(N2CCN(S(=O)(=O)c3ccc(Cl)nc3)CC2)cc1. The van der Waals surface area contributed by atoms with Gasteiger partial charge in [0.05, 0.1) is 4.92 Å². The highest BCUT2D eigenvalue weighted by atomic mass is 35.5. The minimum absolute atomic E-state index is 0.0280. The second-order valence-corrected chi connectivity index (χ2v) is 7.81. The van der Waals surface area contributed by atoms with Crippen LogP contribution in [0.5, 0.6) is 0 Å². The Bertz CT molecular complexity index is 863. The number of hydrogen-bond donors (Lipinski definition) is 0. The van der Waals surface area contributed by atoms with Crippen molar-refractivity contribution in [3.8, 4) is 0 Å². The molecule has 0 aliphatic carbocycles. The summed E-state index contributed by atoms with van der Waals surface area (Å²) >= 11 is 5.70. The van der Waals surface area contributed by atoms with Crippen LogP contribution in [0.3, 0.4) is 0 Å². The summed E-state index contributed by atoms with van der Waals surface area (Å²) in [5.41, 5.74) is 0.857. The van der Waals surface area contributed by atoms with E-state index in [0.29, 0.717) is 26.2 Å². The van der Waals surface area contributed by atoms with Gasteiger partial charge in [-0.05, 0) is 24.3 Å². The number of non-ortho nitro benzene ring substituents is 1. The highest BCUT2D eigenvalue weighted by molar-refractivity contribution is 7.89. The normalized spacial score (nSPS) is 16.0. The van der Waals surface area contributed by atoms with Gasteiger partial charge in [0.2, 0.25) is 10.0 Å². The molecule has 8 nitrogen and oxygen atoms in total. The fourth-order valence-corrected chi connectivity index (χ4v) is 4.12. The average Bonchev–Trinajstić information content (AvgIpc) is 2.62. The van der Waals surface area contributed by atoms with Crippen LogP contribution in [0.1, 0.15) is 0 Å². The average molecular weight is 383 g/mol. The van der Waals surface area contributed by atoms with E-state index < -0.39 is 14.9 Å². The van der Waals surface area contributed by atoms with Gasteiger partial charge in [-0.3, -0.25) is 10.1 Å². The van der Waals surface area contributed by atoms with Gasteiger partial charge in [-0.1, -0.05) is 11.6 Å². The summed E-state index contributed by atoms with van der Waals surface area (Å²) in [4.78, 5) is 16.2. The van der Waals surface area contributed by atoms with E-state index in [9.17, 15) is 18.5 Å². The molecule has 25 heavy (non-hydrogen) atoms. The highest BCUT2D eigenvalue weighted by Gasteiger charge is 2.29. The topological polar surface area (TPSA) is 96.6 Å². The maximum absolute atomic E-state index is 12.6. The monoisotopic (exact) mass is 382 g/mol. The number of aromatic nitrogens is 1. The minimum Gasteiger partial charge on any atom is -0.369 e. The first-order chi connectivity index (χ1) is 11.9. The third-order valence-electron chi connectivity index (χ3n) is 4.00. The zero-order chi connectivity index (χ0) is 18.0. The van der Waals surface area contributed by atoms with E-state index >= 15 is 0 Å². The summed E-state index contributed by atoms with van der Waals surface area (Å²) in [6, 6.07) is 9.11. The summed E-state index contributed by atoms with van der Waals surface area (Å²) < 4.78 is 26.6. The number of rotatable bonds is 4. The van der Waals surface area contributed by atoms with Crippen LogP contribution < -0.4 is 4.90 Å². The lowest BCUT2D eigenvalue weighted by Crippen LogP contribution is -2.48. The Kier molecular flexibility index (Phi) is 4.89. The van der Waals surface area contributed by atoms with Gasteiger partial charge in [0.15, 0.2) is 0 Å². The third-order valence-corrected chi connectivity index (χ3v) is 6.11. The fourth-order valence-electron chi connectivity index (χ4n) is 2.64. The van der Waals surface area contributed by atoms with Crippen LogP contribution in [0.2, 0.25) is 5.15 Å². The lowest BCUT2D eigenvalue weighted by molar-refractivity contribution is -0.384. The van der Waals surface area contributed by atoms with Crippen LogP contribution in [0.25, 0.3) is 0 Å². The summed E-state index contributed by atoms with van der Waals surface area (Å²) in [7, 11) is -3.61. The molecule has 132 valence electrons. The minimum atomic E-state index is -3.61. The molecule has 2 heterocycles. The first-order valence-corrected chi connectivity index (χ1v) is 9.31. The molecule has 0 bridgehead atoms. The Morgan fingerprint density at radius 2 is 1.68 bits per heavy atom. The number of anilines is 1. The molecule has 0 N–H and O–H groups in total. The van der Waals surface area contributed by atoms with Crippen LogP contribution in [0, 0.1) is 10.1 Å². The van der Waals surface area contributed by atoms with Crippen LogP contribution in [-0.2, 0) is 10.0 Å². The molecule has 1 aromatic heterocycles. The highest BCUT2D eigenvalue weighted by Crippen LogP contribution is 2.23. The maximum Gasteiger partial charge on any atom is 0.269 e. The molecule has 3 rings (SSSR count). The first-order valence-electron chi connectivity index (χ1n) is 7.49. The predicted octanol–water partition coefficient (Wildman–Crippen LogP) is 2.15. The number of sulfonamides is 1. The molecule has 1 aromatic carbocycles. The van der Waals surface area contributed by atoms with Crippen molar-refractivity contribution in [3.63, 3.8) is 0 Å². The van der Waals surface area contributed by atoms with Crippen LogP contribution >= 0.6 is 11.6 Å². The predicted molar refractivity (Wildman–Crippen MR) is 93.3 cm³/mol. The smallest absolute Gasteiger partial charge is 0.269 e. The zero-order valence-electron chi connectivity index (χ0n) is 13.1. The van der Waals surface area contributed by atoms with Gasteiger partial charge in [-0.2, -0.15) is 4.31 Å². The van der Waals surface area contributed by atoms with E-state index in [1.54, 1.807) is 12.1 Å². The van der Waals surface area contributed by atoms with Gasteiger partial charge in [-0.25, -0.2) is 13.4 Å². The van der Waals surface area contributed by atoms with Gasteiger partial charge >= 0.3 is 0 Å². The lowest BCUT2D eigenvalue weighted by Gasteiger charge is -2.35. The molecule has 0 radical (unpaired) electrons. The fraction of sp³-hybridized carbons (Fsp3) is 0.267. The lowest BCUT2D eigenvalue weighted by atomic mass is 10.2. The molecule has 2 aromatic rings. The van der Waals surface area contributed by atoms with Gasteiger partial charge < -0.3 is 4.90 Å². The Hall–Kier alpha value is -2.23. The Morgan fingerprint density at radius 1 is 1.04 bits per heavy atom. The quantitative estimate of drug-likeness (QED) is 0.456. The number of halogens is 1. The maximum atomic E-state index is 12.6. The van der Waals surface area contributed by atoms with Crippen molar-refractivity contribution in [1.82, 2.24) is 9.29 Å². The van der Waals surface area contributed by atoms with Gasteiger partial charge in [-0.15, -0.1) is 0 Å². The van der Waals surface area contributed by atoms with E-state index in [0.717, 1.165) is 5.69 Å². The Morgan fingerprint density at radius 3 is 2.20 bits per heavy atom. The zero-order valence-corrected chi connectivity index (χ0v) is 14.7. The number of benzene rings is 1. The van der Waals surface area contributed by atoms with Crippen LogP contribution in [-0.4, -0.2) is 48.8 Å². The summed E-state index contributed by atoms with van der Waals surface area (Å²) in [6.07, 6.45) is 1.25. The molecule has 0 amide bonds. The van der Waals surface area contributed by atoms with E-state index in [1.165, 1.54) is 34.8 Å². The number of hydrogen-bond acceptors (Lipinski definition) is 6. The largest absolute Gasteiger partial charge is 0.369 e. The summed E-state index contributed by atoms with van der Waals surface area (Å²) in [5.74, 6) is 0. The number of nitro benzene ring substituents is 1. The van der Waals surface area contributed by atoms with Crippen LogP contribution in [0.4, 0.5) is 11.4 Å². The number of pyridine rings is 1. The van der Waals surface area contributed by atoms with Crippen molar-refractivity contribution in [2.75, 3.05) is 31.1 Å². The molecule has 1 saturated heterocycles. The third kappa shape index (κ3) is 3.73. The number of piperazine rings is 1.